The lowest BCUT2D eigenvalue weighted by Gasteiger charge is -2.15. The highest BCUT2D eigenvalue weighted by molar-refractivity contribution is 5.94. The summed E-state index contributed by atoms with van der Waals surface area (Å²) in [6.45, 7) is 3.61. The van der Waals surface area contributed by atoms with Crippen LogP contribution in [-0.2, 0) is 33.4 Å². The van der Waals surface area contributed by atoms with Gasteiger partial charge in [0.1, 0.15) is 31.0 Å². The number of Topliss-reactive ketones (excluding diaryl/α,β-unsaturated/α-hetero) is 2. The van der Waals surface area contributed by atoms with Crippen molar-refractivity contribution in [2.45, 2.75) is 39.7 Å². The summed E-state index contributed by atoms with van der Waals surface area (Å²) in [7, 11) is 0. The van der Waals surface area contributed by atoms with E-state index in [1.807, 2.05) is 0 Å². The van der Waals surface area contributed by atoms with Crippen LogP contribution in [0.25, 0.3) is 0 Å². The average Bonchev–Trinajstić information content (AvgIpc) is 2.42. The van der Waals surface area contributed by atoms with E-state index in [1.54, 1.807) is 6.92 Å². The number of nitrogens with two attached hydrogens (primary N) is 1. The molecule has 0 aromatic carbocycles. The van der Waals surface area contributed by atoms with Gasteiger partial charge in [0.2, 0.25) is 0 Å². The van der Waals surface area contributed by atoms with Gasteiger partial charge >= 0.3 is 18.0 Å². The predicted molar refractivity (Wildman–Crippen MR) is 79.7 cm³/mol. The number of amides is 1. The van der Waals surface area contributed by atoms with Gasteiger partial charge in [-0.1, -0.05) is 0 Å². The van der Waals surface area contributed by atoms with Gasteiger partial charge in [0.15, 0.2) is 6.10 Å². The topological polar surface area (TPSA) is 159 Å². The van der Waals surface area contributed by atoms with E-state index in [1.165, 1.54) is 13.8 Å². The molecule has 24 heavy (non-hydrogen) atoms. The van der Waals surface area contributed by atoms with Gasteiger partial charge in [-0.3, -0.25) is 19.2 Å². The monoisotopic (exact) mass is 349 g/mol. The van der Waals surface area contributed by atoms with Crippen molar-refractivity contribution in [2.75, 3.05) is 19.8 Å². The second-order valence-corrected chi connectivity index (χ2v) is 4.49. The maximum Gasteiger partial charge on any atom is 0.404 e. The van der Waals surface area contributed by atoms with Crippen LogP contribution in [0, 0.1) is 0 Å². The third kappa shape index (κ3) is 17.6. The van der Waals surface area contributed by atoms with Crippen LogP contribution in [0.15, 0.2) is 0 Å². The maximum atomic E-state index is 11.1. The molecule has 0 saturated heterocycles. The number of rotatable bonds is 9. The summed E-state index contributed by atoms with van der Waals surface area (Å²) in [6, 6.07) is 0. The minimum Gasteiger partial charge on any atom is -0.461 e. The van der Waals surface area contributed by atoms with E-state index >= 15 is 0 Å². The van der Waals surface area contributed by atoms with E-state index in [0.29, 0.717) is 6.61 Å². The minimum absolute atomic E-state index is 0.353. The molecule has 3 N–H and O–H groups in total. The molecular weight excluding hydrogens is 326 g/mol. The quantitative estimate of drug-likeness (QED) is 0.317. The first kappa shape index (κ1) is 23.8. The van der Waals surface area contributed by atoms with E-state index in [4.69, 9.17) is 9.84 Å². The van der Waals surface area contributed by atoms with Crippen molar-refractivity contribution in [3.05, 3.63) is 0 Å². The highest BCUT2D eigenvalue weighted by Gasteiger charge is 2.17. The first-order chi connectivity index (χ1) is 11.1. The zero-order chi connectivity index (χ0) is 19.1. The fourth-order valence-corrected chi connectivity index (χ4v) is 1.14. The average molecular weight is 349 g/mol. The SMILES string of the molecule is CC(=O)CC(=O)OCC(CO)OC(=O)CC(C)=O.CCOC(N)=O. The lowest BCUT2D eigenvalue weighted by Crippen LogP contribution is -2.29. The van der Waals surface area contributed by atoms with Gasteiger partial charge in [0.25, 0.3) is 0 Å². The molecule has 1 atom stereocenters. The van der Waals surface area contributed by atoms with Crippen LogP contribution in [0.3, 0.4) is 0 Å². The van der Waals surface area contributed by atoms with Crippen LogP contribution < -0.4 is 5.73 Å². The molecule has 0 aliphatic rings. The lowest BCUT2D eigenvalue weighted by molar-refractivity contribution is -0.162. The fraction of sp³-hybridized carbons (Fsp3) is 0.643. The van der Waals surface area contributed by atoms with Gasteiger partial charge in [0, 0.05) is 0 Å². The summed E-state index contributed by atoms with van der Waals surface area (Å²) in [6.07, 6.45) is -2.53. The van der Waals surface area contributed by atoms with Gasteiger partial charge in [-0.05, 0) is 20.8 Å². The van der Waals surface area contributed by atoms with Crippen molar-refractivity contribution >= 4 is 29.6 Å². The summed E-state index contributed by atoms with van der Waals surface area (Å²) in [4.78, 5) is 52.9. The molecule has 0 bridgehead atoms. The second-order valence-electron chi connectivity index (χ2n) is 4.49. The van der Waals surface area contributed by atoms with E-state index in [9.17, 15) is 24.0 Å². The first-order valence-corrected chi connectivity index (χ1v) is 6.99. The van der Waals surface area contributed by atoms with Gasteiger partial charge in [-0.15, -0.1) is 0 Å². The number of hydrogen-bond acceptors (Lipinski definition) is 9. The third-order valence-corrected chi connectivity index (χ3v) is 2.01. The summed E-state index contributed by atoms with van der Waals surface area (Å²) >= 11 is 0. The fourth-order valence-electron chi connectivity index (χ4n) is 1.14. The summed E-state index contributed by atoms with van der Waals surface area (Å²) < 4.78 is 13.5. The van der Waals surface area contributed by atoms with Crippen molar-refractivity contribution in [3.8, 4) is 0 Å². The molecule has 10 nitrogen and oxygen atoms in total. The number of hydrogen-bond donors (Lipinski definition) is 2. The maximum absolute atomic E-state index is 11.1. The Balaban J connectivity index is 0. The Labute approximate surface area is 139 Å². The van der Waals surface area contributed by atoms with Crippen molar-refractivity contribution in [3.63, 3.8) is 0 Å². The molecule has 1 unspecified atom stereocenters. The number of carbonyl (C=O) groups excluding carboxylic acids is 5. The Morgan fingerprint density at radius 3 is 1.79 bits per heavy atom. The molecule has 10 heteroatoms. The van der Waals surface area contributed by atoms with Crippen LogP contribution in [0.5, 0.6) is 0 Å². The Hall–Kier alpha value is -2.49. The van der Waals surface area contributed by atoms with E-state index in [2.05, 4.69) is 15.2 Å². The molecule has 0 spiro atoms. The van der Waals surface area contributed by atoms with E-state index in [0.717, 1.165) is 0 Å². The smallest absolute Gasteiger partial charge is 0.404 e. The van der Waals surface area contributed by atoms with Gasteiger partial charge < -0.3 is 25.1 Å². The number of aliphatic hydroxyl groups excluding tert-OH is 1. The Kier molecular flexibility index (Phi) is 14.0. The molecule has 0 radical (unpaired) electrons. The highest BCUT2D eigenvalue weighted by atomic mass is 16.6. The van der Waals surface area contributed by atoms with Gasteiger partial charge in [-0.25, -0.2) is 4.79 Å². The molecular formula is C14H23NO9. The Morgan fingerprint density at radius 1 is 0.958 bits per heavy atom. The molecule has 0 heterocycles. The van der Waals surface area contributed by atoms with E-state index in [-0.39, 0.29) is 24.6 Å². The van der Waals surface area contributed by atoms with Crippen LogP contribution in [-0.4, -0.2) is 60.6 Å². The number of esters is 2. The van der Waals surface area contributed by atoms with Crippen LogP contribution >= 0.6 is 0 Å². The van der Waals surface area contributed by atoms with Crippen molar-refractivity contribution < 1.29 is 43.3 Å². The number of ether oxygens (including phenoxy) is 3. The van der Waals surface area contributed by atoms with Gasteiger partial charge in [0.05, 0.1) is 13.2 Å². The highest BCUT2D eigenvalue weighted by Crippen LogP contribution is 1.99. The molecule has 0 rings (SSSR count). The Morgan fingerprint density at radius 2 is 1.46 bits per heavy atom. The molecule has 1 amide bonds. The molecule has 138 valence electrons. The minimum atomic E-state index is -1.03. The molecule has 0 aromatic rings. The molecule has 0 aliphatic carbocycles. The predicted octanol–water partition coefficient (Wildman–Crippen LogP) is -0.506. The normalized spacial score (nSPS) is 10.5. The third-order valence-electron chi connectivity index (χ3n) is 2.01. The first-order valence-electron chi connectivity index (χ1n) is 6.99. The summed E-state index contributed by atoms with van der Waals surface area (Å²) in [5.74, 6) is -2.29. The molecule has 0 aromatic heterocycles. The van der Waals surface area contributed by atoms with Gasteiger partial charge in [-0.2, -0.15) is 0 Å². The summed E-state index contributed by atoms with van der Waals surface area (Å²) in [5.41, 5.74) is 4.54. The largest absolute Gasteiger partial charge is 0.461 e. The van der Waals surface area contributed by atoms with Crippen LogP contribution in [0.4, 0.5) is 4.79 Å². The zero-order valence-corrected chi connectivity index (χ0v) is 13.9. The molecule has 0 saturated carbocycles. The number of primary amides is 1. The second kappa shape index (κ2) is 14.1. The lowest BCUT2D eigenvalue weighted by atomic mass is 10.3. The van der Waals surface area contributed by atoms with E-state index < -0.39 is 37.2 Å². The van der Waals surface area contributed by atoms with Crippen molar-refractivity contribution in [1.82, 2.24) is 0 Å². The zero-order valence-electron chi connectivity index (χ0n) is 13.9. The number of aliphatic hydroxyl groups is 1. The van der Waals surface area contributed by atoms with Crippen molar-refractivity contribution in [2.24, 2.45) is 5.73 Å². The van der Waals surface area contributed by atoms with Crippen molar-refractivity contribution in [1.29, 1.82) is 0 Å². The Bertz CT molecular complexity index is 448. The van der Waals surface area contributed by atoms with Crippen LogP contribution in [0.1, 0.15) is 33.6 Å². The standard InChI is InChI=1S/C11H16O7.C3H7NO2/c1-7(13)3-10(15)17-6-9(5-12)18-11(16)4-8(2)14;1-2-6-3(4)5/h9,12H,3-6H2,1-2H3;2H2,1H3,(H2,4,5). The molecule has 0 fully saturated rings. The number of carbonyl (C=O) groups is 5. The summed E-state index contributed by atoms with van der Waals surface area (Å²) in [5, 5.41) is 8.88. The molecule has 0 aliphatic heterocycles. The van der Waals surface area contributed by atoms with Crippen LogP contribution in [0.2, 0.25) is 0 Å². The number of ketones is 2.